The summed E-state index contributed by atoms with van der Waals surface area (Å²) in [5, 5.41) is 8.55. The minimum Gasteiger partial charge on any atom is -0.396 e. The van der Waals surface area contributed by atoms with E-state index in [9.17, 15) is 0 Å². The van der Waals surface area contributed by atoms with Gasteiger partial charge in [0.05, 0.1) is 6.33 Å². The molecule has 0 unspecified atom stereocenters. The van der Waals surface area contributed by atoms with E-state index >= 15 is 0 Å². The summed E-state index contributed by atoms with van der Waals surface area (Å²) in [4.78, 5) is 3.97. The van der Waals surface area contributed by atoms with Crippen LogP contribution in [0.25, 0.3) is 0 Å². The molecular formula is C9H16N2OS. The van der Waals surface area contributed by atoms with E-state index in [2.05, 4.69) is 9.55 Å². The summed E-state index contributed by atoms with van der Waals surface area (Å²) in [6.07, 6.45) is 7.72. The number of nitrogens with zero attached hydrogens (tertiary/aromatic N) is 2. The number of aliphatic hydroxyl groups excluding tert-OH is 1. The van der Waals surface area contributed by atoms with Gasteiger partial charge >= 0.3 is 0 Å². The quantitative estimate of drug-likeness (QED) is 0.676. The Bertz CT molecular complexity index is 201. The van der Waals surface area contributed by atoms with Gasteiger partial charge in [0.2, 0.25) is 0 Å². The van der Waals surface area contributed by atoms with Crippen molar-refractivity contribution >= 4 is 11.8 Å². The van der Waals surface area contributed by atoms with Crippen molar-refractivity contribution in [1.82, 2.24) is 9.55 Å². The number of imidazole rings is 1. The molecule has 0 aliphatic carbocycles. The molecule has 3 nitrogen and oxygen atoms in total. The molecule has 1 aromatic rings. The van der Waals surface area contributed by atoms with E-state index < -0.39 is 0 Å². The van der Waals surface area contributed by atoms with E-state index in [1.807, 2.05) is 24.3 Å². The van der Waals surface area contributed by atoms with Gasteiger partial charge in [-0.15, -0.1) is 0 Å². The number of aromatic nitrogens is 2. The Balaban J connectivity index is 1.90. The predicted octanol–water partition coefficient (Wildman–Crippen LogP) is 1.39. The van der Waals surface area contributed by atoms with Gasteiger partial charge in [0.25, 0.3) is 0 Å². The molecule has 4 heteroatoms. The third-order valence-electron chi connectivity index (χ3n) is 1.71. The third-order valence-corrected chi connectivity index (χ3v) is 2.87. The van der Waals surface area contributed by atoms with Crippen LogP contribution < -0.4 is 0 Å². The highest BCUT2D eigenvalue weighted by Gasteiger charge is 1.91. The van der Waals surface area contributed by atoms with E-state index in [0.717, 1.165) is 24.5 Å². The van der Waals surface area contributed by atoms with Crippen molar-refractivity contribution in [2.75, 3.05) is 18.1 Å². The average Bonchev–Trinajstić information content (AvgIpc) is 2.63. The minimum atomic E-state index is 0.314. The minimum absolute atomic E-state index is 0.314. The van der Waals surface area contributed by atoms with Crippen molar-refractivity contribution in [2.24, 2.45) is 0 Å². The Morgan fingerprint density at radius 3 is 2.85 bits per heavy atom. The van der Waals surface area contributed by atoms with Crippen LogP contribution in [0.3, 0.4) is 0 Å². The highest BCUT2D eigenvalue weighted by atomic mass is 32.2. The van der Waals surface area contributed by atoms with Gasteiger partial charge in [0.1, 0.15) is 0 Å². The summed E-state index contributed by atoms with van der Waals surface area (Å²) < 4.78 is 2.09. The van der Waals surface area contributed by atoms with Crippen LogP contribution in [0.2, 0.25) is 0 Å². The highest BCUT2D eigenvalue weighted by molar-refractivity contribution is 7.99. The van der Waals surface area contributed by atoms with E-state index in [0.29, 0.717) is 6.61 Å². The van der Waals surface area contributed by atoms with Crippen molar-refractivity contribution in [3.8, 4) is 0 Å². The lowest BCUT2D eigenvalue weighted by molar-refractivity contribution is 0.296. The Kier molecular flexibility index (Phi) is 5.69. The van der Waals surface area contributed by atoms with Gasteiger partial charge in [-0.2, -0.15) is 11.8 Å². The van der Waals surface area contributed by atoms with Crippen LogP contribution in [0.4, 0.5) is 0 Å². The van der Waals surface area contributed by atoms with Crippen molar-refractivity contribution in [2.45, 2.75) is 19.4 Å². The van der Waals surface area contributed by atoms with Crippen LogP contribution in [-0.2, 0) is 6.54 Å². The zero-order valence-electron chi connectivity index (χ0n) is 7.72. The van der Waals surface area contributed by atoms with Crippen molar-refractivity contribution in [1.29, 1.82) is 0 Å². The van der Waals surface area contributed by atoms with Crippen molar-refractivity contribution in [3.63, 3.8) is 0 Å². The number of rotatable bonds is 7. The summed E-state index contributed by atoms with van der Waals surface area (Å²) in [5.41, 5.74) is 0. The maximum atomic E-state index is 8.55. The Morgan fingerprint density at radius 1 is 1.31 bits per heavy atom. The number of aliphatic hydroxyl groups is 1. The Morgan fingerprint density at radius 2 is 2.15 bits per heavy atom. The third kappa shape index (κ3) is 4.95. The van der Waals surface area contributed by atoms with Gasteiger partial charge < -0.3 is 9.67 Å². The van der Waals surface area contributed by atoms with E-state index in [1.54, 1.807) is 6.20 Å². The molecule has 13 heavy (non-hydrogen) atoms. The molecule has 0 amide bonds. The average molecular weight is 200 g/mol. The predicted molar refractivity (Wildman–Crippen MR) is 55.9 cm³/mol. The smallest absolute Gasteiger partial charge is 0.0945 e. The number of aryl methyl sites for hydroxylation is 1. The molecule has 1 rings (SSSR count). The summed E-state index contributed by atoms with van der Waals surface area (Å²) in [5.74, 6) is 2.23. The van der Waals surface area contributed by atoms with Crippen molar-refractivity contribution < 1.29 is 5.11 Å². The molecule has 0 bridgehead atoms. The van der Waals surface area contributed by atoms with Crippen molar-refractivity contribution in [3.05, 3.63) is 18.7 Å². The molecule has 74 valence electrons. The number of hydrogen-bond acceptors (Lipinski definition) is 3. The van der Waals surface area contributed by atoms with Gasteiger partial charge in [0, 0.05) is 25.5 Å². The molecule has 0 fully saturated rings. The highest BCUT2D eigenvalue weighted by Crippen LogP contribution is 2.05. The standard InChI is InChI=1S/C9H16N2OS/c12-6-2-8-13-7-1-4-11-5-3-10-9-11/h3,5,9,12H,1-2,4,6-8H2. The van der Waals surface area contributed by atoms with Gasteiger partial charge in [-0.05, 0) is 24.3 Å². The van der Waals surface area contributed by atoms with Gasteiger partial charge in [0.15, 0.2) is 0 Å². The molecule has 0 aliphatic rings. The monoisotopic (exact) mass is 200 g/mol. The lowest BCUT2D eigenvalue weighted by Crippen LogP contribution is -1.96. The fourth-order valence-electron chi connectivity index (χ4n) is 1.04. The van der Waals surface area contributed by atoms with Gasteiger partial charge in [-0.1, -0.05) is 0 Å². The largest absolute Gasteiger partial charge is 0.396 e. The molecular weight excluding hydrogens is 184 g/mol. The maximum Gasteiger partial charge on any atom is 0.0945 e. The number of hydrogen-bond donors (Lipinski definition) is 1. The fourth-order valence-corrected chi connectivity index (χ4v) is 1.91. The molecule has 1 aromatic heterocycles. The molecule has 0 saturated carbocycles. The van der Waals surface area contributed by atoms with E-state index in [1.165, 1.54) is 6.42 Å². The molecule has 1 heterocycles. The normalized spacial score (nSPS) is 10.5. The van der Waals surface area contributed by atoms with Crippen LogP contribution >= 0.6 is 11.8 Å². The molecule has 0 saturated heterocycles. The van der Waals surface area contributed by atoms with E-state index in [4.69, 9.17) is 5.11 Å². The topological polar surface area (TPSA) is 38.0 Å². The lowest BCUT2D eigenvalue weighted by atomic mass is 10.5. The first-order valence-electron chi connectivity index (χ1n) is 4.58. The zero-order chi connectivity index (χ0) is 9.36. The van der Waals surface area contributed by atoms with Crippen LogP contribution in [0.5, 0.6) is 0 Å². The summed E-state index contributed by atoms with van der Waals surface area (Å²) in [7, 11) is 0. The first-order valence-corrected chi connectivity index (χ1v) is 5.73. The maximum absolute atomic E-state index is 8.55. The van der Waals surface area contributed by atoms with Crippen LogP contribution in [-0.4, -0.2) is 32.8 Å². The second-order valence-electron chi connectivity index (χ2n) is 2.84. The van der Waals surface area contributed by atoms with Crippen LogP contribution in [0.1, 0.15) is 12.8 Å². The number of thioether (sulfide) groups is 1. The zero-order valence-corrected chi connectivity index (χ0v) is 8.54. The second kappa shape index (κ2) is 6.97. The van der Waals surface area contributed by atoms with Gasteiger partial charge in [-0.25, -0.2) is 4.98 Å². The van der Waals surface area contributed by atoms with Crippen LogP contribution in [0, 0.1) is 0 Å². The first-order chi connectivity index (χ1) is 6.43. The molecule has 0 spiro atoms. The van der Waals surface area contributed by atoms with Crippen LogP contribution in [0.15, 0.2) is 18.7 Å². The second-order valence-corrected chi connectivity index (χ2v) is 4.07. The first kappa shape index (κ1) is 10.6. The summed E-state index contributed by atoms with van der Waals surface area (Å²) >= 11 is 1.91. The van der Waals surface area contributed by atoms with Gasteiger partial charge in [-0.3, -0.25) is 0 Å². The molecule has 1 N–H and O–H groups in total. The van der Waals surface area contributed by atoms with E-state index in [-0.39, 0.29) is 0 Å². The fraction of sp³-hybridized carbons (Fsp3) is 0.667. The lowest BCUT2D eigenvalue weighted by Gasteiger charge is -2.01. The molecule has 0 radical (unpaired) electrons. The Hall–Kier alpha value is -0.480. The molecule has 0 aromatic carbocycles. The summed E-state index contributed by atoms with van der Waals surface area (Å²) in [6.45, 7) is 1.36. The molecule has 0 atom stereocenters. The molecule has 0 aliphatic heterocycles. The summed E-state index contributed by atoms with van der Waals surface area (Å²) in [6, 6.07) is 0. The Labute approximate surface area is 83.2 Å². The SMILES string of the molecule is OCCCSCCCn1ccnc1.